The zero-order valence-electron chi connectivity index (χ0n) is 18.9. The predicted octanol–water partition coefficient (Wildman–Crippen LogP) is 3.65. The van der Waals surface area contributed by atoms with Gasteiger partial charge in [-0.25, -0.2) is 4.98 Å². The van der Waals surface area contributed by atoms with Crippen molar-refractivity contribution in [2.24, 2.45) is 5.92 Å². The summed E-state index contributed by atoms with van der Waals surface area (Å²) in [7, 11) is 0. The van der Waals surface area contributed by atoms with Crippen LogP contribution < -0.4 is 10.6 Å². The summed E-state index contributed by atoms with van der Waals surface area (Å²) in [6, 6.07) is 7.44. The van der Waals surface area contributed by atoms with Gasteiger partial charge in [-0.3, -0.25) is 14.4 Å². The number of nitrogens with one attached hydrogen (secondary N) is 2. The molecule has 0 radical (unpaired) electrons. The summed E-state index contributed by atoms with van der Waals surface area (Å²) in [4.78, 5) is 43.4. The number of rotatable bonds is 10. The van der Waals surface area contributed by atoms with Crippen LogP contribution in [-0.2, 0) is 16.0 Å². The Bertz CT molecular complexity index is 892. The van der Waals surface area contributed by atoms with E-state index in [-0.39, 0.29) is 42.6 Å². The van der Waals surface area contributed by atoms with Gasteiger partial charge in [0, 0.05) is 23.5 Å². The molecule has 0 saturated carbocycles. The molecule has 1 aromatic heterocycles. The van der Waals surface area contributed by atoms with Gasteiger partial charge in [-0.1, -0.05) is 38.5 Å². The topological polar surface area (TPSA) is 91.4 Å². The van der Waals surface area contributed by atoms with Crippen LogP contribution in [0.2, 0.25) is 0 Å². The maximum atomic E-state index is 12.9. The van der Waals surface area contributed by atoms with Crippen LogP contribution in [0.4, 0.5) is 5.13 Å². The van der Waals surface area contributed by atoms with Gasteiger partial charge < -0.3 is 15.5 Å². The number of nitrogens with zero attached hydrogens (tertiary/aromatic N) is 2. The molecular weight excluding hydrogens is 412 g/mol. The van der Waals surface area contributed by atoms with E-state index >= 15 is 0 Å². The van der Waals surface area contributed by atoms with Crippen LogP contribution in [0, 0.1) is 12.8 Å². The minimum Gasteiger partial charge on any atom is -0.353 e. The molecule has 2 N–H and O–H groups in total. The number of thiazole rings is 1. The Morgan fingerprint density at radius 2 is 1.77 bits per heavy atom. The molecule has 1 aromatic carbocycles. The molecule has 1 atom stereocenters. The lowest BCUT2D eigenvalue weighted by Crippen LogP contribution is -2.40. The van der Waals surface area contributed by atoms with Crippen LogP contribution in [0.5, 0.6) is 0 Å². The Hall–Kier alpha value is -2.74. The first-order valence-corrected chi connectivity index (χ1v) is 11.5. The van der Waals surface area contributed by atoms with Gasteiger partial charge >= 0.3 is 0 Å². The van der Waals surface area contributed by atoms with Gasteiger partial charge in [0.05, 0.1) is 12.1 Å². The molecule has 168 valence electrons. The van der Waals surface area contributed by atoms with E-state index < -0.39 is 0 Å². The van der Waals surface area contributed by atoms with Crippen molar-refractivity contribution in [2.75, 3.05) is 18.4 Å². The van der Waals surface area contributed by atoms with Gasteiger partial charge in [0.1, 0.15) is 6.54 Å². The fourth-order valence-corrected chi connectivity index (χ4v) is 3.64. The van der Waals surface area contributed by atoms with Gasteiger partial charge in [-0.05, 0) is 38.3 Å². The Labute approximate surface area is 188 Å². The van der Waals surface area contributed by atoms with E-state index in [0.717, 1.165) is 12.0 Å². The summed E-state index contributed by atoms with van der Waals surface area (Å²) in [5, 5.41) is 7.83. The average Bonchev–Trinajstić information content (AvgIpc) is 3.13. The third-order valence-corrected chi connectivity index (χ3v) is 5.47. The first-order chi connectivity index (χ1) is 14.7. The van der Waals surface area contributed by atoms with E-state index in [1.807, 2.05) is 46.8 Å². The molecule has 2 rings (SSSR count). The molecule has 0 aliphatic heterocycles. The normalized spacial score (nSPS) is 11.8. The van der Waals surface area contributed by atoms with Crippen LogP contribution in [0.25, 0.3) is 0 Å². The van der Waals surface area contributed by atoms with Crippen molar-refractivity contribution in [3.8, 4) is 0 Å². The molecule has 0 saturated heterocycles. The van der Waals surface area contributed by atoms with E-state index in [0.29, 0.717) is 22.9 Å². The van der Waals surface area contributed by atoms with E-state index in [1.54, 1.807) is 22.4 Å². The molecule has 0 aliphatic carbocycles. The SMILES string of the molecule is CCC(C)NC(=O)Cc1csc(NC(=O)CN(CC(C)C)C(=O)c2ccc(C)cc2)n1. The predicted molar refractivity (Wildman–Crippen MR) is 124 cm³/mol. The Morgan fingerprint density at radius 3 is 2.39 bits per heavy atom. The molecule has 1 heterocycles. The molecule has 3 amide bonds. The van der Waals surface area contributed by atoms with Crippen molar-refractivity contribution in [3.63, 3.8) is 0 Å². The average molecular weight is 445 g/mol. The van der Waals surface area contributed by atoms with Crippen molar-refractivity contribution < 1.29 is 14.4 Å². The molecule has 0 spiro atoms. The quantitative estimate of drug-likeness (QED) is 0.585. The molecule has 0 bridgehead atoms. The van der Waals surface area contributed by atoms with Crippen molar-refractivity contribution in [1.29, 1.82) is 0 Å². The summed E-state index contributed by atoms with van der Waals surface area (Å²) >= 11 is 1.27. The summed E-state index contributed by atoms with van der Waals surface area (Å²) < 4.78 is 0. The van der Waals surface area contributed by atoms with E-state index in [9.17, 15) is 14.4 Å². The Balaban J connectivity index is 1.98. The second kappa shape index (κ2) is 11.6. The number of hydrogen-bond acceptors (Lipinski definition) is 5. The van der Waals surface area contributed by atoms with Crippen molar-refractivity contribution in [2.45, 2.75) is 53.5 Å². The van der Waals surface area contributed by atoms with Crippen molar-refractivity contribution in [1.82, 2.24) is 15.2 Å². The lowest BCUT2D eigenvalue weighted by Gasteiger charge is -2.24. The first kappa shape index (κ1) is 24.5. The fraction of sp³-hybridized carbons (Fsp3) is 0.478. The van der Waals surface area contributed by atoms with Crippen LogP contribution in [0.3, 0.4) is 0 Å². The summed E-state index contributed by atoms with van der Waals surface area (Å²) in [6.45, 7) is 10.3. The maximum Gasteiger partial charge on any atom is 0.254 e. The highest BCUT2D eigenvalue weighted by atomic mass is 32.1. The van der Waals surface area contributed by atoms with E-state index in [4.69, 9.17) is 0 Å². The Morgan fingerprint density at radius 1 is 1.10 bits per heavy atom. The summed E-state index contributed by atoms with van der Waals surface area (Å²) in [5.41, 5.74) is 2.24. The van der Waals surface area contributed by atoms with Gasteiger partial charge in [0.15, 0.2) is 5.13 Å². The van der Waals surface area contributed by atoms with Gasteiger partial charge in [0.25, 0.3) is 5.91 Å². The zero-order chi connectivity index (χ0) is 23.0. The fourth-order valence-electron chi connectivity index (χ4n) is 2.91. The van der Waals surface area contributed by atoms with Crippen molar-refractivity contribution in [3.05, 3.63) is 46.5 Å². The van der Waals surface area contributed by atoms with Crippen LogP contribution in [0.1, 0.15) is 55.7 Å². The van der Waals surface area contributed by atoms with Gasteiger partial charge in [0.2, 0.25) is 11.8 Å². The highest BCUT2D eigenvalue weighted by Crippen LogP contribution is 2.16. The number of carbonyl (C=O) groups is 3. The minimum atomic E-state index is -0.314. The van der Waals surface area contributed by atoms with Gasteiger partial charge in [-0.15, -0.1) is 11.3 Å². The highest BCUT2D eigenvalue weighted by Gasteiger charge is 2.20. The smallest absolute Gasteiger partial charge is 0.254 e. The lowest BCUT2D eigenvalue weighted by molar-refractivity contribution is -0.121. The number of carbonyl (C=O) groups excluding carboxylic acids is 3. The molecule has 0 fully saturated rings. The van der Waals surface area contributed by atoms with Crippen LogP contribution in [0.15, 0.2) is 29.6 Å². The lowest BCUT2D eigenvalue weighted by atomic mass is 10.1. The van der Waals surface area contributed by atoms with E-state index in [1.165, 1.54) is 11.3 Å². The zero-order valence-corrected chi connectivity index (χ0v) is 19.7. The number of amides is 3. The summed E-state index contributed by atoms with van der Waals surface area (Å²) in [6.07, 6.45) is 1.03. The monoisotopic (exact) mass is 444 g/mol. The number of aromatic nitrogens is 1. The Kier molecular flexibility index (Phi) is 9.18. The minimum absolute atomic E-state index is 0.0612. The third kappa shape index (κ3) is 8.13. The molecular formula is C23H32N4O3S. The molecule has 7 nitrogen and oxygen atoms in total. The standard InChI is InChI=1S/C23H32N4O3S/c1-6-17(5)24-20(28)11-19-14-31-23(25-19)26-21(29)13-27(12-15(2)3)22(30)18-9-7-16(4)8-10-18/h7-10,14-15,17H,6,11-13H2,1-5H3,(H,24,28)(H,25,26,29). The highest BCUT2D eigenvalue weighted by molar-refractivity contribution is 7.13. The third-order valence-electron chi connectivity index (χ3n) is 4.67. The van der Waals surface area contributed by atoms with Crippen molar-refractivity contribution >= 4 is 34.2 Å². The summed E-state index contributed by atoms with van der Waals surface area (Å²) in [5.74, 6) is -0.363. The largest absolute Gasteiger partial charge is 0.353 e. The number of aryl methyl sites for hydroxylation is 1. The van der Waals surface area contributed by atoms with Crippen LogP contribution in [-0.4, -0.2) is 46.7 Å². The van der Waals surface area contributed by atoms with Crippen LogP contribution >= 0.6 is 11.3 Å². The first-order valence-electron chi connectivity index (χ1n) is 10.6. The molecule has 1 unspecified atom stereocenters. The second-order valence-corrected chi connectivity index (χ2v) is 9.05. The van der Waals surface area contributed by atoms with E-state index in [2.05, 4.69) is 15.6 Å². The molecule has 0 aliphatic rings. The number of anilines is 1. The molecule has 31 heavy (non-hydrogen) atoms. The number of hydrogen-bond donors (Lipinski definition) is 2. The number of benzene rings is 1. The molecule has 8 heteroatoms. The van der Waals surface area contributed by atoms with Gasteiger partial charge in [-0.2, -0.15) is 0 Å². The molecule has 2 aromatic rings. The second-order valence-electron chi connectivity index (χ2n) is 8.19. The maximum absolute atomic E-state index is 12.9.